The third-order valence-corrected chi connectivity index (χ3v) is 5.11. The van der Waals surface area contributed by atoms with Gasteiger partial charge in [0.25, 0.3) is 0 Å². The predicted molar refractivity (Wildman–Crippen MR) is 113 cm³/mol. The summed E-state index contributed by atoms with van der Waals surface area (Å²) in [6, 6.07) is 18.1. The molecule has 1 heterocycles. The summed E-state index contributed by atoms with van der Waals surface area (Å²) >= 11 is 0. The molecule has 3 rings (SSSR count). The van der Waals surface area contributed by atoms with Gasteiger partial charge in [-0.15, -0.1) is 0 Å². The van der Waals surface area contributed by atoms with Crippen molar-refractivity contribution in [3.05, 3.63) is 84.6 Å². The molecular formula is C23H25N3O. The quantitative estimate of drug-likeness (QED) is 0.628. The highest BCUT2D eigenvalue weighted by Crippen LogP contribution is 2.31. The van der Waals surface area contributed by atoms with Crippen molar-refractivity contribution in [2.75, 3.05) is 25.0 Å². The fourth-order valence-electron chi connectivity index (χ4n) is 3.60. The summed E-state index contributed by atoms with van der Waals surface area (Å²) in [6.45, 7) is 8.85. The molecule has 138 valence electrons. The molecule has 1 aliphatic rings. The minimum absolute atomic E-state index is 0.0784. The zero-order valence-corrected chi connectivity index (χ0v) is 15.6. The van der Waals surface area contributed by atoms with Crippen LogP contribution in [0.2, 0.25) is 0 Å². The van der Waals surface area contributed by atoms with Gasteiger partial charge in [0.15, 0.2) is 0 Å². The van der Waals surface area contributed by atoms with E-state index < -0.39 is 0 Å². The molecule has 0 spiro atoms. The monoisotopic (exact) mass is 359 g/mol. The number of carbonyl (C=O) groups is 1. The number of nitrogens with zero attached hydrogens (tertiary/aromatic N) is 2. The summed E-state index contributed by atoms with van der Waals surface area (Å²) in [5, 5.41) is 3.37. The van der Waals surface area contributed by atoms with E-state index in [4.69, 9.17) is 0 Å². The first-order valence-electron chi connectivity index (χ1n) is 9.07. The normalized spacial score (nSPS) is 19.5. The Kier molecular flexibility index (Phi) is 5.99. The Bertz CT molecular complexity index is 857. The van der Waals surface area contributed by atoms with Gasteiger partial charge in [-0.05, 0) is 35.6 Å². The molecule has 4 nitrogen and oxygen atoms in total. The summed E-state index contributed by atoms with van der Waals surface area (Å²) < 4.78 is 0. The average molecular weight is 359 g/mol. The van der Waals surface area contributed by atoms with E-state index in [2.05, 4.69) is 35.7 Å². The van der Waals surface area contributed by atoms with Gasteiger partial charge >= 0.3 is 0 Å². The lowest BCUT2D eigenvalue weighted by molar-refractivity contribution is -0.121. The second kappa shape index (κ2) is 8.60. The number of nitrogens with one attached hydrogen (secondary N) is 1. The van der Waals surface area contributed by atoms with Crippen LogP contribution in [0.25, 0.3) is 5.57 Å². The molecule has 2 atom stereocenters. The van der Waals surface area contributed by atoms with E-state index in [1.54, 1.807) is 17.2 Å². The number of benzene rings is 2. The van der Waals surface area contributed by atoms with Crippen molar-refractivity contribution in [1.82, 2.24) is 5.32 Å². The number of hydrogen-bond acceptors (Lipinski definition) is 3. The van der Waals surface area contributed by atoms with E-state index >= 15 is 0 Å². The lowest BCUT2D eigenvalue weighted by Gasteiger charge is -2.25. The zero-order chi connectivity index (χ0) is 19.2. The van der Waals surface area contributed by atoms with Crippen LogP contribution in [0.1, 0.15) is 17.0 Å². The number of hydrogen-bond donors (Lipinski definition) is 1. The van der Waals surface area contributed by atoms with Gasteiger partial charge in [-0.25, -0.2) is 0 Å². The lowest BCUT2D eigenvalue weighted by Crippen LogP contribution is -2.36. The highest BCUT2D eigenvalue weighted by atomic mass is 16.2. The average Bonchev–Trinajstić information content (AvgIpc) is 3.21. The first-order valence-corrected chi connectivity index (χ1v) is 9.07. The van der Waals surface area contributed by atoms with E-state index in [1.165, 1.54) is 5.56 Å². The zero-order valence-electron chi connectivity index (χ0n) is 15.6. The molecule has 2 aromatic carbocycles. The van der Waals surface area contributed by atoms with Crippen molar-refractivity contribution in [2.45, 2.75) is 5.92 Å². The van der Waals surface area contributed by atoms with Crippen molar-refractivity contribution in [2.24, 2.45) is 10.9 Å². The molecule has 0 aromatic heterocycles. The molecule has 27 heavy (non-hydrogen) atoms. The first kappa shape index (κ1) is 18.8. The van der Waals surface area contributed by atoms with Crippen LogP contribution in [0.5, 0.6) is 0 Å². The van der Waals surface area contributed by atoms with Gasteiger partial charge in [-0.2, -0.15) is 0 Å². The lowest BCUT2D eigenvalue weighted by atomic mass is 9.88. The Hall–Kier alpha value is -2.98. The maximum Gasteiger partial charge on any atom is 0.231 e. The summed E-state index contributed by atoms with van der Waals surface area (Å²) in [6.07, 6.45) is 3.40. The summed E-state index contributed by atoms with van der Waals surface area (Å²) in [7, 11) is 1.84. The third-order valence-electron chi connectivity index (χ3n) is 5.11. The van der Waals surface area contributed by atoms with Gasteiger partial charge in [0.05, 0.1) is 5.92 Å². The highest BCUT2D eigenvalue weighted by molar-refractivity contribution is 5.96. The standard InChI is InChI=1S/C23H25N3O/c1-4-17(14-24-2)19-11-8-12-20(13-19)26(3)23(27)22-16-25-15-21(22)18-9-6-5-7-10-18/h4-14,21-22,25H,1-2,15-16H2,3H3/b17-14+. The highest BCUT2D eigenvalue weighted by Gasteiger charge is 2.35. The van der Waals surface area contributed by atoms with Gasteiger partial charge in [-0.1, -0.05) is 55.1 Å². The van der Waals surface area contributed by atoms with Crippen LogP contribution in [-0.4, -0.2) is 32.8 Å². The fraction of sp³-hybridized carbons (Fsp3) is 0.217. The fourth-order valence-corrected chi connectivity index (χ4v) is 3.60. The molecule has 1 fully saturated rings. The van der Waals surface area contributed by atoms with Gasteiger partial charge in [0.1, 0.15) is 0 Å². The van der Waals surface area contributed by atoms with Crippen LogP contribution in [0.3, 0.4) is 0 Å². The van der Waals surface area contributed by atoms with Gasteiger partial charge in [0.2, 0.25) is 5.91 Å². The maximum atomic E-state index is 13.2. The Labute approximate surface area is 160 Å². The van der Waals surface area contributed by atoms with E-state index in [9.17, 15) is 4.79 Å². The molecule has 1 amide bonds. The predicted octanol–water partition coefficient (Wildman–Crippen LogP) is 3.88. The Morgan fingerprint density at radius 1 is 1.19 bits per heavy atom. The van der Waals surface area contributed by atoms with Gasteiger partial charge in [-0.3, -0.25) is 9.79 Å². The summed E-state index contributed by atoms with van der Waals surface area (Å²) in [5.41, 5.74) is 3.89. The molecule has 1 aliphatic heterocycles. The third kappa shape index (κ3) is 4.07. The number of carbonyl (C=O) groups excluding carboxylic acids is 1. The molecule has 2 unspecified atom stereocenters. The topological polar surface area (TPSA) is 44.7 Å². The number of anilines is 1. The smallest absolute Gasteiger partial charge is 0.231 e. The molecule has 1 N–H and O–H groups in total. The molecule has 0 bridgehead atoms. The van der Waals surface area contributed by atoms with E-state index in [-0.39, 0.29) is 17.7 Å². The van der Waals surface area contributed by atoms with Gasteiger partial charge < -0.3 is 10.2 Å². The number of amides is 1. The van der Waals surface area contributed by atoms with E-state index in [1.807, 2.05) is 49.5 Å². The second-order valence-electron chi connectivity index (χ2n) is 6.70. The largest absolute Gasteiger partial charge is 0.315 e. The summed E-state index contributed by atoms with van der Waals surface area (Å²) in [4.78, 5) is 18.8. The van der Waals surface area contributed by atoms with Crippen LogP contribution in [0.4, 0.5) is 5.69 Å². The van der Waals surface area contributed by atoms with Crippen LogP contribution < -0.4 is 10.2 Å². The first-order chi connectivity index (χ1) is 13.2. The van der Waals surface area contributed by atoms with Crippen LogP contribution in [0, 0.1) is 5.92 Å². The molecule has 0 saturated carbocycles. The maximum absolute atomic E-state index is 13.2. The van der Waals surface area contributed by atoms with Crippen molar-refractivity contribution in [1.29, 1.82) is 0 Å². The van der Waals surface area contributed by atoms with Crippen molar-refractivity contribution in [3.8, 4) is 0 Å². The van der Waals surface area contributed by atoms with Crippen LogP contribution >= 0.6 is 0 Å². The van der Waals surface area contributed by atoms with E-state index in [0.717, 1.165) is 23.4 Å². The molecule has 4 heteroatoms. The number of aliphatic imine (C=N–C) groups is 1. The summed E-state index contributed by atoms with van der Waals surface area (Å²) in [5.74, 6) is 0.236. The Balaban J connectivity index is 1.84. The Morgan fingerprint density at radius 3 is 2.67 bits per heavy atom. The molecule has 2 aromatic rings. The van der Waals surface area contributed by atoms with Gasteiger partial charge in [0, 0.05) is 37.9 Å². The molecule has 0 aliphatic carbocycles. The van der Waals surface area contributed by atoms with Crippen molar-refractivity contribution >= 4 is 23.9 Å². The van der Waals surface area contributed by atoms with Crippen LogP contribution in [0.15, 0.2) is 78.4 Å². The number of allylic oxidation sites excluding steroid dienone is 2. The second-order valence-corrected chi connectivity index (χ2v) is 6.70. The SMILES string of the molecule is C=C/C(=C\N=C)c1cccc(N(C)C(=O)C2CNCC2c2ccccc2)c1. The van der Waals surface area contributed by atoms with Crippen molar-refractivity contribution < 1.29 is 4.79 Å². The van der Waals surface area contributed by atoms with E-state index in [0.29, 0.717) is 6.54 Å². The minimum Gasteiger partial charge on any atom is -0.315 e. The van der Waals surface area contributed by atoms with Crippen molar-refractivity contribution in [3.63, 3.8) is 0 Å². The van der Waals surface area contributed by atoms with Crippen LogP contribution in [-0.2, 0) is 4.79 Å². The number of rotatable bonds is 6. The minimum atomic E-state index is -0.0784. The molecule has 1 saturated heterocycles. The Morgan fingerprint density at radius 2 is 1.96 bits per heavy atom. The molecular weight excluding hydrogens is 334 g/mol. The molecule has 0 radical (unpaired) electrons.